The van der Waals surface area contributed by atoms with E-state index < -0.39 is 18.1 Å². The van der Waals surface area contributed by atoms with Gasteiger partial charge in [0.2, 0.25) is 0 Å². The Bertz CT molecular complexity index is 459. The van der Waals surface area contributed by atoms with Crippen molar-refractivity contribution >= 4 is 5.69 Å². The van der Waals surface area contributed by atoms with Gasteiger partial charge in [-0.3, -0.25) is 0 Å². The van der Waals surface area contributed by atoms with Gasteiger partial charge in [-0.1, -0.05) is 12.8 Å². The molecule has 5 heteroatoms. The fourth-order valence-corrected chi connectivity index (χ4v) is 2.55. The molecule has 0 radical (unpaired) electrons. The van der Waals surface area contributed by atoms with E-state index in [-0.39, 0.29) is 6.42 Å². The van der Waals surface area contributed by atoms with Crippen LogP contribution in [0, 0.1) is 17.2 Å². The Morgan fingerprint density at radius 3 is 2.32 bits per heavy atom. The second-order valence-electron chi connectivity index (χ2n) is 4.87. The van der Waals surface area contributed by atoms with Crippen LogP contribution in [0.4, 0.5) is 18.9 Å². The maximum Gasteiger partial charge on any atom is 0.393 e. The monoisotopic (exact) mass is 268 g/mol. The van der Waals surface area contributed by atoms with Crippen LogP contribution in [0.15, 0.2) is 24.3 Å². The number of halogens is 3. The number of alkyl halides is 3. The molecular formula is C14H15F3N2. The van der Waals surface area contributed by atoms with Gasteiger partial charge in [-0.25, -0.2) is 0 Å². The summed E-state index contributed by atoms with van der Waals surface area (Å²) in [4.78, 5) is 0. The number of anilines is 1. The van der Waals surface area contributed by atoms with E-state index >= 15 is 0 Å². The molecule has 0 amide bonds. The first-order valence-corrected chi connectivity index (χ1v) is 6.34. The zero-order valence-electron chi connectivity index (χ0n) is 10.4. The molecule has 2 nitrogen and oxygen atoms in total. The van der Waals surface area contributed by atoms with Gasteiger partial charge in [0.05, 0.1) is 17.6 Å². The van der Waals surface area contributed by atoms with Gasteiger partial charge in [-0.05, 0) is 37.1 Å². The Kier molecular flexibility index (Phi) is 3.98. The molecule has 1 aromatic rings. The van der Waals surface area contributed by atoms with Crippen molar-refractivity contribution in [3.63, 3.8) is 0 Å². The predicted octanol–water partition coefficient (Wildman–Crippen LogP) is 4.09. The molecule has 1 fully saturated rings. The lowest BCUT2D eigenvalue weighted by Crippen LogP contribution is -2.41. The average molecular weight is 268 g/mol. The molecule has 0 heterocycles. The molecule has 0 saturated heterocycles. The van der Waals surface area contributed by atoms with Crippen molar-refractivity contribution in [3.05, 3.63) is 29.8 Å². The van der Waals surface area contributed by atoms with Gasteiger partial charge in [-0.2, -0.15) is 18.4 Å². The second-order valence-corrected chi connectivity index (χ2v) is 4.87. The van der Waals surface area contributed by atoms with E-state index in [4.69, 9.17) is 5.26 Å². The fraction of sp³-hybridized carbons (Fsp3) is 0.500. The Morgan fingerprint density at radius 1 is 1.11 bits per heavy atom. The lowest BCUT2D eigenvalue weighted by molar-refractivity contribution is -0.184. The Balaban J connectivity index is 2.09. The van der Waals surface area contributed by atoms with Gasteiger partial charge < -0.3 is 5.32 Å². The predicted molar refractivity (Wildman–Crippen MR) is 66.6 cm³/mol. The highest BCUT2D eigenvalue weighted by molar-refractivity contribution is 5.48. The zero-order valence-corrected chi connectivity index (χ0v) is 10.4. The van der Waals surface area contributed by atoms with E-state index in [1.54, 1.807) is 24.3 Å². The van der Waals surface area contributed by atoms with E-state index in [0.29, 0.717) is 24.1 Å². The average Bonchev–Trinajstić information content (AvgIpc) is 2.39. The highest BCUT2D eigenvalue weighted by Gasteiger charge is 2.45. The van der Waals surface area contributed by atoms with Crippen molar-refractivity contribution in [1.29, 1.82) is 5.26 Å². The third-order valence-corrected chi connectivity index (χ3v) is 3.55. The van der Waals surface area contributed by atoms with Crippen LogP contribution < -0.4 is 5.32 Å². The maximum atomic E-state index is 12.9. The first-order valence-electron chi connectivity index (χ1n) is 6.34. The van der Waals surface area contributed by atoms with Crippen LogP contribution in [0.5, 0.6) is 0 Å². The van der Waals surface area contributed by atoms with Crippen LogP contribution in [-0.4, -0.2) is 12.2 Å². The molecular weight excluding hydrogens is 253 g/mol. The summed E-state index contributed by atoms with van der Waals surface area (Å²) in [6, 6.07) is 7.93. The maximum absolute atomic E-state index is 12.9. The number of nitrogens with one attached hydrogen (secondary N) is 1. The summed E-state index contributed by atoms with van der Waals surface area (Å²) < 4.78 is 38.8. The molecule has 2 atom stereocenters. The molecule has 0 aromatic heterocycles. The van der Waals surface area contributed by atoms with E-state index in [1.165, 1.54) is 0 Å². The van der Waals surface area contributed by atoms with Crippen LogP contribution >= 0.6 is 0 Å². The van der Waals surface area contributed by atoms with Crippen LogP contribution in [0.3, 0.4) is 0 Å². The minimum atomic E-state index is -4.15. The molecule has 0 aliphatic heterocycles. The SMILES string of the molecule is N#Cc1ccc(NC2CCCCC2C(F)(F)F)cc1. The summed E-state index contributed by atoms with van der Waals surface area (Å²) >= 11 is 0. The lowest BCUT2D eigenvalue weighted by Gasteiger charge is -2.34. The highest BCUT2D eigenvalue weighted by atomic mass is 19.4. The largest absolute Gasteiger partial charge is 0.393 e. The molecule has 1 saturated carbocycles. The molecule has 0 bridgehead atoms. The van der Waals surface area contributed by atoms with Crippen molar-refractivity contribution in [2.24, 2.45) is 5.92 Å². The van der Waals surface area contributed by atoms with Crippen molar-refractivity contribution in [1.82, 2.24) is 0 Å². The summed E-state index contributed by atoms with van der Waals surface area (Å²) in [7, 11) is 0. The number of nitriles is 1. The lowest BCUT2D eigenvalue weighted by atomic mass is 9.84. The molecule has 102 valence electrons. The van der Waals surface area contributed by atoms with Crippen LogP contribution in [0.2, 0.25) is 0 Å². The summed E-state index contributed by atoms with van der Waals surface area (Å²) in [5, 5.41) is 11.6. The molecule has 0 spiro atoms. The van der Waals surface area contributed by atoms with Gasteiger partial charge >= 0.3 is 6.18 Å². The minimum Gasteiger partial charge on any atom is -0.382 e. The number of hydrogen-bond acceptors (Lipinski definition) is 2. The number of rotatable bonds is 2. The third kappa shape index (κ3) is 3.40. The van der Waals surface area contributed by atoms with Crippen molar-refractivity contribution < 1.29 is 13.2 Å². The summed E-state index contributed by atoms with van der Waals surface area (Å²) in [6.07, 6.45) is -1.97. The molecule has 1 aromatic carbocycles. The van der Waals surface area contributed by atoms with Crippen molar-refractivity contribution in [3.8, 4) is 6.07 Å². The first kappa shape index (κ1) is 13.7. The van der Waals surface area contributed by atoms with Gasteiger partial charge in [0, 0.05) is 11.7 Å². The molecule has 1 aliphatic carbocycles. The number of benzene rings is 1. The molecule has 1 aliphatic rings. The minimum absolute atomic E-state index is 0.192. The molecule has 1 N–H and O–H groups in total. The van der Waals surface area contributed by atoms with Crippen molar-refractivity contribution in [2.45, 2.75) is 37.9 Å². The normalized spacial score (nSPS) is 23.7. The smallest absolute Gasteiger partial charge is 0.382 e. The van der Waals surface area contributed by atoms with Crippen molar-refractivity contribution in [2.75, 3.05) is 5.32 Å². The van der Waals surface area contributed by atoms with Gasteiger partial charge in [-0.15, -0.1) is 0 Å². The fourth-order valence-electron chi connectivity index (χ4n) is 2.55. The topological polar surface area (TPSA) is 35.8 Å². The molecule has 2 unspecified atom stereocenters. The quantitative estimate of drug-likeness (QED) is 0.876. The van der Waals surface area contributed by atoms with Crippen LogP contribution in [0.1, 0.15) is 31.2 Å². The Morgan fingerprint density at radius 2 is 1.74 bits per heavy atom. The van der Waals surface area contributed by atoms with E-state index in [1.807, 2.05) is 6.07 Å². The highest BCUT2D eigenvalue weighted by Crippen LogP contribution is 2.38. The first-order chi connectivity index (χ1) is 9.00. The van der Waals surface area contributed by atoms with Gasteiger partial charge in [0.15, 0.2) is 0 Å². The van der Waals surface area contributed by atoms with Gasteiger partial charge in [0.25, 0.3) is 0 Å². The summed E-state index contributed by atoms with van der Waals surface area (Å²) in [5.74, 6) is -1.28. The summed E-state index contributed by atoms with van der Waals surface area (Å²) in [6.45, 7) is 0. The number of hydrogen-bond donors (Lipinski definition) is 1. The Labute approximate surface area is 110 Å². The van der Waals surface area contributed by atoms with Gasteiger partial charge in [0.1, 0.15) is 0 Å². The summed E-state index contributed by atoms with van der Waals surface area (Å²) in [5.41, 5.74) is 1.14. The Hall–Kier alpha value is -1.70. The van der Waals surface area contributed by atoms with E-state index in [0.717, 1.165) is 6.42 Å². The third-order valence-electron chi connectivity index (χ3n) is 3.55. The molecule has 2 rings (SSSR count). The van der Waals surface area contributed by atoms with Crippen LogP contribution in [-0.2, 0) is 0 Å². The van der Waals surface area contributed by atoms with E-state index in [9.17, 15) is 13.2 Å². The number of nitrogens with zero attached hydrogens (tertiary/aromatic N) is 1. The zero-order chi connectivity index (χ0) is 13.9. The van der Waals surface area contributed by atoms with E-state index in [2.05, 4.69) is 5.32 Å². The van der Waals surface area contributed by atoms with Crippen LogP contribution in [0.25, 0.3) is 0 Å². The standard InChI is InChI=1S/C14H15F3N2/c15-14(16,17)12-3-1-2-4-13(12)19-11-7-5-10(9-18)6-8-11/h5-8,12-13,19H,1-4H2. The second kappa shape index (κ2) is 5.52. The molecule has 19 heavy (non-hydrogen) atoms.